The summed E-state index contributed by atoms with van der Waals surface area (Å²) in [5.74, 6) is 0. The van der Waals surface area contributed by atoms with Gasteiger partial charge in [-0.1, -0.05) is 0 Å². The van der Waals surface area contributed by atoms with E-state index in [4.69, 9.17) is 10.9 Å². The van der Waals surface area contributed by atoms with Crippen LogP contribution in [0, 0.1) is 10.1 Å². The van der Waals surface area contributed by atoms with Gasteiger partial charge in [0.05, 0.1) is 4.92 Å². The molecule has 0 heterocycles. The first-order valence-corrected chi connectivity index (χ1v) is 3.49. The van der Waals surface area contributed by atoms with Crippen LogP contribution in [0.4, 0.5) is 17.1 Å². The lowest BCUT2D eigenvalue weighted by Crippen LogP contribution is -2.12. The number of benzene rings is 1. The molecular formula is C7H9N3O3. The van der Waals surface area contributed by atoms with E-state index in [-0.39, 0.29) is 17.1 Å². The number of nitrogens with zero attached hydrogens (tertiary/aromatic N) is 2. The van der Waals surface area contributed by atoms with Gasteiger partial charge in [0, 0.05) is 18.8 Å². The minimum atomic E-state index is -0.599. The second-order valence-corrected chi connectivity index (χ2v) is 2.53. The van der Waals surface area contributed by atoms with Gasteiger partial charge < -0.3 is 5.73 Å². The molecule has 0 bridgehead atoms. The topological polar surface area (TPSA) is 92.6 Å². The third-order valence-electron chi connectivity index (χ3n) is 1.54. The molecule has 70 valence electrons. The van der Waals surface area contributed by atoms with Crippen LogP contribution in [0.5, 0.6) is 0 Å². The first kappa shape index (κ1) is 9.27. The Kier molecular flexibility index (Phi) is 2.34. The molecule has 0 fully saturated rings. The molecule has 6 nitrogen and oxygen atoms in total. The molecule has 0 spiro atoms. The molecule has 1 aromatic carbocycles. The number of nitro benzene ring substituents is 1. The summed E-state index contributed by atoms with van der Waals surface area (Å²) in [5.41, 5.74) is 5.54. The van der Waals surface area contributed by atoms with E-state index in [0.717, 1.165) is 0 Å². The summed E-state index contributed by atoms with van der Waals surface area (Å²) in [6.45, 7) is 0. The molecule has 1 rings (SSSR count). The molecule has 0 unspecified atom stereocenters. The zero-order valence-electron chi connectivity index (χ0n) is 6.97. The molecule has 0 aromatic heterocycles. The Bertz CT molecular complexity index is 338. The van der Waals surface area contributed by atoms with Crippen molar-refractivity contribution in [3.63, 3.8) is 0 Å². The molecule has 0 radical (unpaired) electrons. The Labute approximate surface area is 74.3 Å². The fraction of sp³-hybridized carbons (Fsp3) is 0.143. The first-order chi connectivity index (χ1) is 6.02. The van der Waals surface area contributed by atoms with Crippen molar-refractivity contribution in [2.45, 2.75) is 0 Å². The third-order valence-corrected chi connectivity index (χ3v) is 1.54. The van der Waals surface area contributed by atoms with Crippen molar-refractivity contribution in [2.24, 2.45) is 0 Å². The predicted molar refractivity (Wildman–Crippen MR) is 47.7 cm³/mol. The van der Waals surface area contributed by atoms with Crippen LogP contribution in [0.25, 0.3) is 0 Å². The summed E-state index contributed by atoms with van der Waals surface area (Å²) in [4.78, 5) is 9.89. The summed E-state index contributed by atoms with van der Waals surface area (Å²) >= 11 is 0. The van der Waals surface area contributed by atoms with Gasteiger partial charge in [-0.3, -0.25) is 20.4 Å². The van der Waals surface area contributed by atoms with Crippen molar-refractivity contribution in [3.8, 4) is 0 Å². The maximum atomic E-state index is 10.5. The zero-order chi connectivity index (χ0) is 10.0. The highest BCUT2D eigenvalue weighted by atomic mass is 16.6. The highest BCUT2D eigenvalue weighted by molar-refractivity contribution is 5.66. The maximum Gasteiger partial charge on any atom is 0.296 e. The Balaban J connectivity index is 3.27. The average Bonchev–Trinajstić information content (AvgIpc) is 2.03. The number of hydrogen-bond acceptors (Lipinski definition) is 5. The van der Waals surface area contributed by atoms with Crippen molar-refractivity contribution in [3.05, 3.63) is 28.3 Å². The Morgan fingerprint density at radius 3 is 2.69 bits per heavy atom. The van der Waals surface area contributed by atoms with E-state index in [1.54, 1.807) is 0 Å². The van der Waals surface area contributed by atoms with Gasteiger partial charge in [0.15, 0.2) is 0 Å². The van der Waals surface area contributed by atoms with E-state index >= 15 is 0 Å². The van der Waals surface area contributed by atoms with Gasteiger partial charge in [-0.05, 0) is 12.1 Å². The molecule has 3 N–H and O–H groups in total. The second-order valence-electron chi connectivity index (χ2n) is 2.53. The predicted octanol–water partition coefficient (Wildman–Crippen LogP) is 1.00. The summed E-state index contributed by atoms with van der Waals surface area (Å²) < 4.78 is 0. The van der Waals surface area contributed by atoms with Gasteiger partial charge in [0.1, 0.15) is 5.69 Å². The van der Waals surface area contributed by atoms with Crippen LogP contribution in [0.15, 0.2) is 18.2 Å². The van der Waals surface area contributed by atoms with E-state index in [1.165, 1.54) is 25.2 Å². The highest BCUT2D eigenvalue weighted by Crippen LogP contribution is 2.28. The molecular weight excluding hydrogens is 174 g/mol. The fourth-order valence-corrected chi connectivity index (χ4v) is 0.960. The molecule has 0 saturated carbocycles. The number of anilines is 2. The van der Waals surface area contributed by atoms with Gasteiger partial charge in [-0.2, -0.15) is 0 Å². The van der Waals surface area contributed by atoms with Crippen LogP contribution in [0.1, 0.15) is 0 Å². The molecule has 0 aliphatic heterocycles. The normalized spacial score (nSPS) is 9.69. The highest BCUT2D eigenvalue weighted by Gasteiger charge is 2.15. The zero-order valence-corrected chi connectivity index (χ0v) is 6.97. The maximum absolute atomic E-state index is 10.5. The Hall–Kier alpha value is -1.82. The summed E-state index contributed by atoms with van der Waals surface area (Å²) in [7, 11) is 1.30. The van der Waals surface area contributed by atoms with E-state index < -0.39 is 4.92 Å². The minimum absolute atomic E-state index is 0.110. The molecule has 0 amide bonds. The fourth-order valence-electron chi connectivity index (χ4n) is 0.960. The monoisotopic (exact) mass is 183 g/mol. The third kappa shape index (κ3) is 1.85. The van der Waals surface area contributed by atoms with Crippen molar-refractivity contribution >= 4 is 17.1 Å². The molecule has 1 aromatic rings. The van der Waals surface area contributed by atoms with Crippen molar-refractivity contribution in [1.29, 1.82) is 0 Å². The summed E-state index contributed by atoms with van der Waals surface area (Å²) in [6.07, 6.45) is 0. The van der Waals surface area contributed by atoms with Gasteiger partial charge >= 0.3 is 0 Å². The Morgan fingerprint density at radius 2 is 2.23 bits per heavy atom. The first-order valence-electron chi connectivity index (χ1n) is 3.49. The number of hydroxylamine groups is 1. The lowest BCUT2D eigenvalue weighted by atomic mass is 10.2. The molecule has 0 saturated heterocycles. The minimum Gasteiger partial charge on any atom is -0.399 e. The van der Waals surface area contributed by atoms with Gasteiger partial charge in [-0.25, -0.2) is 0 Å². The largest absolute Gasteiger partial charge is 0.399 e. The quantitative estimate of drug-likeness (QED) is 0.405. The standard InChI is InChI=1S/C7H9N3O3/c1-9(11)6-3-2-5(8)4-7(6)10(12)13/h2-4,11H,8H2,1H3. The summed E-state index contributed by atoms with van der Waals surface area (Å²) in [5, 5.41) is 20.2. The lowest BCUT2D eigenvalue weighted by Gasteiger charge is -2.10. The number of rotatable bonds is 2. The van der Waals surface area contributed by atoms with Crippen LogP contribution in [0.2, 0.25) is 0 Å². The smallest absolute Gasteiger partial charge is 0.296 e. The SMILES string of the molecule is CN(O)c1ccc(N)cc1[N+](=O)[O-]. The summed E-state index contributed by atoms with van der Waals surface area (Å²) in [6, 6.07) is 4.06. The number of nitrogens with two attached hydrogens (primary N) is 1. The van der Waals surface area contributed by atoms with Crippen LogP contribution < -0.4 is 10.8 Å². The molecule has 0 aliphatic rings. The van der Waals surface area contributed by atoms with E-state index in [2.05, 4.69) is 0 Å². The number of hydrogen-bond donors (Lipinski definition) is 2. The van der Waals surface area contributed by atoms with Crippen LogP contribution in [-0.2, 0) is 0 Å². The van der Waals surface area contributed by atoms with Crippen LogP contribution in [-0.4, -0.2) is 17.2 Å². The van der Waals surface area contributed by atoms with Crippen molar-refractivity contribution in [2.75, 3.05) is 17.8 Å². The van der Waals surface area contributed by atoms with Crippen molar-refractivity contribution < 1.29 is 10.1 Å². The van der Waals surface area contributed by atoms with Crippen LogP contribution >= 0.6 is 0 Å². The van der Waals surface area contributed by atoms with Gasteiger partial charge in [-0.15, -0.1) is 0 Å². The van der Waals surface area contributed by atoms with E-state index in [9.17, 15) is 10.1 Å². The Morgan fingerprint density at radius 1 is 1.62 bits per heavy atom. The molecule has 6 heteroatoms. The van der Waals surface area contributed by atoms with E-state index in [1.807, 2.05) is 0 Å². The number of nitrogen functional groups attached to an aromatic ring is 1. The lowest BCUT2D eigenvalue weighted by molar-refractivity contribution is -0.384. The molecule has 13 heavy (non-hydrogen) atoms. The molecule has 0 atom stereocenters. The molecule has 0 aliphatic carbocycles. The second kappa shape index (κ2) is 3.28. The van der Waals surface area contributed by atoms with Crippen molar-refractivity contribution in [1.82, 2.24) is 0 Å². The van der Waals surface area contributed by atoms with Gasteiger partial charge in [0.25, 0.3) is 5.69 Å². The average molecular weight is 183 g/mol. The van der Waals surface area contributed by atoms with Gasteiger partial charge in [0.2, 0.25) is 0 Å². The van der Waals surface area contributed by atoms with E-state index in [0.29, 0.717) is 5.06 Å². The number of nitro groups is 1. The van der Waals surface area contributed by atoms with Crippen LogP contribution in [0.3, 0.4) is 0 Å².